The molecule has 0 bridgehead atoms. The fourth-order valence-electron chi connectivity index (χ4n) is 0.769. The first-order chi connectivity index (χ1) is 7.61. The number of hydrogen-bond donors (Lipinski definition) is 1. The maximum atomic E-state index is 11.4. The minimum atomic E-state index is -1.26. The van der Waals surface area contributed by atoms with Crippen LogP contribution in [-0.2, 0) is 14.3 Å². The molecule has 0 aromatic rings. The van der Waals surface area contributed by atoms with Crippen LogP contribution < -0.4 is 0 Å². The van der Waals surface area contributed by atoms with Crippen molar-refractivity contribution in [1.29, 1.82) is 0 Å². The molecule has 0 rings (SSSR count). The van der Waals surface area contributed by atoms with E-state index in [1.165, 1.54) is 18.2 Å². The average Bonchev–Trinajstić information content (AvgIpc) is 2.24. The molecule has 0 aromatic heterocycles. The van der Waals surface area contributed by atoms with Crippen molar-refractivity contribution in [2.75, 3.05) is 6.61 Å². The number of carboxylic acids is 1. The summed E-state index contributed by atoms with van der Waals surface area (Å²) >= 11 is 0. The Morgan fingerprint density at radius 3 is 2.50 bits per heavy atom. The Morgan fingerprint density at radius 2 is 2.00 bits per heavy atom. The Labute approximate surface area is 93.9 Å². The highest BCUT2D eigenvalue weighted by molar-refractivity contribution is 5.91. The van der Waals surface area contributed by atoms with Gasteiger partial charge in [-0.25, -0.2) is 9.59 Å². The van der Waals surface area contributed by atoms with Gasteiger partial charge in [0.15, 0.2) is 0 Å². The number of aliphatic carboxylic acids is 1. The molecule has 0 radical (unpaired) electrons. The molecule has 4 nitrogen and oxygen atoms in total. The maximum Gasteiger partial charge on any atom is 0.382 e. The normalized spacial score (nSPS) is 9.62. The van der Waals surface area contributed by atoms with Crippen LogP contribution in [0.5, 0.6) is 0 Å². The summed E-state index contributed by atoms with van der Waals surface area (Å²) in [6, 6.07) is 0. The molecule has 4 heteroatoms. The maximum absolute atomic E-state index is 11.4. The lowest BCUT2D eigenvalue weighted by molar-refractivity contribution is -0.138. The SMILES string of the molecule is C=CCOC(=O)C(=CC#CC(=O)O)CC=C. The molecule has 0 heterocycles. The first kappa shape index (κ1) is 13.7. The second-order valence-electron chi connectivity index (χ2n) is 2.62. The summed E-state index contributed by atoms with van der Waals surface area (Å²) in [7, 11) is 0. The van der Waals surface area contributed by atoms with Gasteiger partial charge in [-0.3, -0.25) is 0 Å². The summed E-state index contributed by atoms with van der Waals surface area (Å²) in [5.74, 6) is 2.30. The number of carbonyl (C=O) groups is 2. The molecule has 0 spiro atoms. The Kier molecular flexibility index (Phi) is 6.91. The smallest absolute Gasteiger partial charge is 0.382 e. The summed E-state index contributed by atoms with van der Waals surface area (Å²) in [6.45, 7) is 6.97. The van der Waals surface area contributed by atoms with Crippen LogP contribution in [0.1, 0.15) is 6.42 Å². The lowest BCUT2D eigenvalue weighted by Gasteiger charge is -2.02. The zero-order valence-corrected chi connectivity index (χ0v) is 8.73. The molecule has 16 heavy (non-hydrogen) atoms. The summed E-state index contributed by atoms with van der Waals surface area (Å²) in [4.78, 5) is 21.5. The fourth-order valence-corrected chi connectivity index (χ4v) is 0.769. The van der Waals surface area contributed by atoms with E-state index in [2.05, 4.69) is 19.1 Å². The van der Waals surface area contributed by atoms with Crippen molar-refractivity contribution in [2.24, 2.45) is 0 Å². The summed E-state index contributed by atoms with van der Waals surface area (Å²) in [6.07, 6.45) is 4.42. The first-order valence-electron chi connectivity index (χ1n) is 4.44. The van der Waals surface area contributed by atoms with E-state index in [9.17, 15) is 9.59 Å². The van der Waals surface area contributed by atoms with Gasteiger partial charge in [-0.1, -0.05) is 24.7 Å². The largest absolute Gasteiger partial charge is 0.472 e. The number of carbonyl (C=O) groups excluding carboxylic acids is 1. The van der Waals surface area contributed by atoms with Crippen molar-refractivity contribution < 1.29 is 19.4 Å². The van der Waals surface area contributed by atoms with Crippen LogP contribution in [0, 0.1) is 11.8 Å². The summed E-state index contributed by atoms with van der Waals surface area (Å²) in [5.41, 5.74) is 0.255. The van der Waals surface area contributed by atoms with Crippen LogP contribution in [-0.4, -0.2) is 23.7 Å². The molecule has 0 fully saturated rings. The second-order valence-corrected chi connectivity index (χ2v) is 2.62. The predicted molar refractivity (Wildman–Crippen MR) is 59.5 cm³/mol. The zero-order chi connectivity index (χ0) is 12.4. The van der Waals surface area contributed by atoms with Gasteiger partial charge in [0.2, 0.25) is 0 Å². The molecular weight excluding hydrogens is 208 g/mol. The number of hydrogen-bond acceptors (Lipinski definition) is 3. The Hall–Kier alpha value is -2.28. The second kappa shape index (κ2) is 8.06. The average molecular weight is 220 g/mol. The van der Waals surface area contributed by atoms with Crippen LogP contribution >= 0.6 is 0 Å². The van der Waals surface area contributed by atoms with Crippen molar-refractivity contribution in [3.63, 3.8) is 0 Å². The summed E-state index contributed by atoms with van der Waals surface area (Å²) < 4.78 is 4.78. The van der Waals surface area contributed by atoms with Crippen LogP contribution in [0.2, 0.25) is 0 Å². The molecule has 0 saturated carbocycles. The van der Waals surface area contributed by atoms with E-state index in [4.69, 9.17) is 9.84 Å². The molecule has 0 aliphatic rings. The molecule has 1 N–H and O–H groups in total. The van der Waals surface area contributed by atoms with E-state index in [1.807, 2.05) is 5.92 Å². The van der Waals surface area contributed by atoms with E-state index >= 15 is 0 Å². The minimum absolute atomic E-state index is 0.0969. The third-order valence-electron chi connectivity index (χ3n) is 1.38. The lowest BCUT2D eigenvalue weighted by atomic mass is 10.2. The predicted octanol–water partition coefficient (Wildman–Crippen LogP) is 1.31. The highest BCUT2D eigenvalue weighted by Crippen LogP contribution is 2.04. The molecule has 0 aliphatic heterocycles. The van der Waals surface area contributed by atoms with Gasteiger partial charge >= 0.3 is 11.9 Å². The third kappa shape index (κ3) is 6.22. The molecule has 0 amide bonds. The van der Waals surface area contributed by atoms with Crippen molar-refractivity contribution >= 4 is 11.9 Å². The van der Waals surface area contributed by atoms with Crippen molar-refractivity contribution in [1.82, 2.24) is 0 Å². The third-order valence-corrected chi connectivity index (χ3v) is 1.38. The van der Waals surface area contributed by atoms with Gasteiger partial charge in [0.25, 0.3) is 0 Å². The molecule has 0 unspecified atom stereocenters. The van der Waals surface area contributed by atoms with Crippen LogP contribution in [0.25, 0.3) is 0 Å². The number of rotatable bonds is 5. The van der Waals surface area contributed by atoms with Gasteiger partial charge in [-0.2, -0.15) is 0 Å². The van der Waals surface area contributed by atoms with E-state index in [0.717, 1.165) is 0 Å². The van der Waals surface area contributed by atoms with Gasteiger partial charge in [-0.05, 0) is 12.5 Å². The molecule has 0 aromatic carbocycles. The van der Waals surface area contributed by atoms with Gasteiger partial charge in [-0.15, -0.1) is 6.58 Å². The van der Waals surface area contributed by atoms with Crippen LogP contribution in [0.4, 0.5) is 0 Å². The monoisotopic (exact) mass is 220 g/mol. The van der Waals surface area contributed by atoms with Crippen molar-refractivity contribution in [3.05, 3.63) is 37.0 Å². The van der Waals surface area contributed by atoms with Crippen molar-refractivity contribution in [2.45, 2.75) is 6.42 Å². The fraction of sp³-hybridized carbons (Fsp3) is 0.167. The van der Waals surface area contributed by atoms with Gasteiger partial charge < -0.3 is 9.84 Å². The van der Waals surface area contributed by atoms with Crippen molar-refractivity contribution in [3.8, 4) is 11.8 Å². The highest BCUT2D eigenvalue weighted by atomic mass is 16.5. The Bertz CT molecular complexity index is 380. The van der Waals surface area contributed by atoms with Crippen LogP contribution in [0.3, 0.4) is 0 Å². The standard InChI is InChI=1S/C12H12O4/c1-3-6-10(7-5-8-11(13)14)12(15)16-9-4-2/h3-4,7H,1-2,6,9H2,(H,13,14). The number of carboxylic acid groups (broad SMARTS) is 1. The lowest BCUT2D eigenvalue weighted by Crippen LogP contribution is -2.07. The highest BCUT2D eigenvalue weighted by Gasteiger charge is 2.07. The Morgan fingerprint density at radius 1 is 1.31 bits per heavy atom. The zero-order valence-electron chi connectivity index (χ0n) is 8.73. The molecule has 84 valence electrons. The van der Waals surface area contributed by atoms with Gasteiger partial charge in [0.1, 0.15) is 6.61 Å². The van der Waals surface area contributed by atoms with E-state index in [-0.39, 0.29) is 18.6 Å². The number of ether oxygens (including phenoxy) is 1. The first-order valence-corrected chi connectivity index (χ1v) is 4.44. The Balaban J connectivity index is 4.66. The quantitative estimate of drug-likeness (QED) is 0.328. The topological polar surface area (TPSA) is 63.6 Å². The number of allylic oxidation sites excluding steroid dienone is 2. The van der Waals surface area contributed by atoms with Gasteiger partial charge in [0, 0.05) is 11.5 Å². The van der Waals surface area contributed by atoms with E-state index in [1.54, 1.807) is 0 Å². The summed E-state index contributed by atoms with van der Waals surface area (Å²) in [5, 5.41) is 8.28. The van der Waals surface area contributed by atoms with Crippen LogP contribution in [0.15, 0.2) is 37.0 Å². The molecule has 0 aliphatic carbocycles. The van der Waals surface area contributed by atoms with E-state index in [0.29, 0.717) is 0 Å². The number of esters is 1. The van der Waals surface area contributed by atoms with Gasteiger partial charge in [0.05, 0.1) is 0 Å². The molecule has 0 saturated heterocycles. The molecule has 0 atom stereocenters. The van der Waals surface area contributed by atoms with E-state index < -0.39 is 11.9 Å². The minimum Gasteiger partial charge on any atom is -0.472 e. The molecular formula is C12H12O4.